The van der Waals surface area contributed by atoms with Crippen LogP contribution >= 0.6 is 11.8 Å². The number of hydrogen-bond acceptors (Lipinski definition) is 6. The number of morpholine rings is 1. The van der Waals surface area contributed by atoms with Gasteiger partial charge in [0, 0.05) is 18.8 Å². The molecule has 9 heteroatoms. The van der Waals surface area contributed by atoms with Gasteiger partial charge in [0.1, 0.15) is 11.6 Å². The molecule has 32 heavy (non-hydrogen) atoms. The third-order valence-electron chi connectivity index (χ3n) is 5.32. The Bertz CT molecular complexity index is 1130. The second-order valence-corrected chi connectivity index (χ2v) is 8.70. The van der Waals surface area contributed by atoms with Crippen LogP contribution in [0.4, 0.5) is 15.8 Å². The topological polar surface area (TPSA) is 72.3 Å². The summed E-state index contributed by atoms with van der Waals surface area (Å²) >= 11 is 1.30. The zero-order valence-electron chi connectivity index (χ0n) is 18.4. The largest absolute Gasteiger partial charge is 0.378 e. The molecule has 3 aromatic rings. The quantitative estimate of drug-likeness (QED) is 0.569. The molecule has 0 saturated carbocycles. The van der Waals surface area contributed by atoms with E-state index in [1.165, 1.54) is 17.8 Å². The summed E-state index contributed by atoms with van der Waals surface area (Å²) in [6.07, 6.45) is 0. The van der Waals surface area contributed by atoms with Gasteiger partial charge in [0.2, 0.25) is 5.91 Å². The summed E-state index contributed by atoms with van der Waals surface area (Å²) in [6.45, 7) is 8.43. The fourth-order valence-corrected chi connectivity index (χ4v) is 4.44. The molecule has 0 atom stereocenters. The molecule has 0 bridgehead atoms. The Hall–Kier alpha value is -2.91. The van der Waals surface area contributed by atoms with Crippen molar-refractivity contribution in [1.82, 2.24) is 14.8 Å². The second-order valence-electron chi connectivity index (χ2n) is 7.76. The molecule has 0 spiro atoms. The van der Waals surface area contributed by atoms with Crippen LogP contribution < -0.4 is 10.2 Å². The number of thioether (sulfide) groups is 1. The summed E-state index contributed by atoms with van der Waals surface area (Å²) in [5, 5.41) is 11.8. The van der Waals surface area contributed by atoms with Crippen LogP contribution in [-0.2, 0) is 9.53 Å². The molecule has 0 aliphatic carbocycles. The predicted molar refractivity (Wildman–Crippen MR) is 124 cm³/mol. The van der Waals surface area contributed by atoms with E-state index in [0.29, 0.717) is 42.8 Å². The highest BCUT2D eigenvalue weighted by atomic mass is 32.2. The van der Waals surface area contributed by atoms with Crippen molar-refractivity contribution in [2.75, 3.05) is 42.3 Å². The number of amides is 1. The van der Waals surface area contributed by atoms with Gasteiger partial charge in [0.05, 0.1) is 30.3 Å². The Morgan fingerprint density at radius 1 is 1.09 bits per heavy atom. The minimum Gasteiger partial charge on any atom is -0.378 e. The van der Waals surface area contributed by atoms with Crippen LogP contribution in [0.25, 0.3) is 5.69 Å². The first-order valence-electron chi connectivity index (χ1n) is 10.5. The molecule has 0 unspecified atom stereocenters. The summed E-state index contributed by atoms with van der Waals surface area (Å²) < 4.78 is 21.9. The van der Waals surface area contributed by atoms with E-state index >= 15 is 0 Å². The molecule has 1 aliphatic rings. The van der Waals surface area contributed by atoms with Crippen LogP contribution in [0, 0.1) is 26.6 Å². The summed E-state index contributed by atoms with van der Waals surface area (Å²) in [5.74, 6) is 0.294. The van der Waals surface area contributed by atoms with Gasteiger partial charge in [-0.25, -0.2) is 4.39 Å². The molecule has 1 N–H and O–H groups in total. The first kappa shape index (κ1) is 22.3. The highest BCUT2D eigenvalue weighted by Crippen LogP contribution is 2.26. The fourth-order valence-electron chi connectivity index (χ4n) is 3.65. The number of aryl methyl sites for hydroxylation is 3. The molecule has 0 radical (unpaired) electrons. The second kappa shape index (κ2) is 9.70. The maximum atomic E-state index is 14.6. The van der Waals surface area contributed by atoms with E-state index in [9.17, 15) is 9.18 Å². The minimum absolute atomic E-state index is 0.135. The Balaban J connectivity index is 1.42. The van der Waals surface area contributed by atoms with Gasteiger partial charge in [-0.05, 0) is 56.2 Å². The molecule has 1 aromatic heterocycles. The molecular formula is C23H26FN5O2S. The van der Waals surface area contributed by atoms with Crippen LogP contribution in [0.2, 0.25) is 0 Å². The van der Waals surface area contributed by atoms with Crippen molar-refractivity contribution in [2.24, 2.45) is 0 Å². The number of nitrogens with one attached hydrogen (secondary N) is 1. The monoisotopic (exact) mass is 455 g/mol. The normalized spacial score (nSPS) is 13.9. The van der Waals surface area contributed by atoms with E-state index in [1.807, 2.05) is 30.2 Å². The molecular weight excluding hydrogens is 429 g/mol. The summed E-state index contributed by atoms with van der Waals surface area (Å²) in [4.78, 5) is 14.5. The van der Waals surface area contributed by atoms with E-state index < -0.39 is 0 Å². The van der Waals surface area contributed by atoms with Crippen molar-refractivity contribution in [3.05, 3.63) is 59.2 Å². The number of anilines is 2. The Labute approximate surface area is 191 Å². The summed E-state index contributed by atoms with van der Waals surface area (Å²) in [5.41, 5.74) is 4.18. The van der Waals surface area contributed by atoms with Gasteiger partial charge in [-0.15, -0.1) is 10.2 Å². The van der Waals surface area contributed by atoms with Gasteiger partial charge in [-0.3, -0.25) is 9.36 Å². The SMILES string of the molecule is Cc1ccc(C)c(-n2c(C)nnc2SCC(=O)Nc2ccc(N3CCOCC3)c(F)c2)c1. The number of carbonyl (C=O) groups is 1. The lowest BCUT2D eigenvalue weighted by molar-refractivity contribution is -0.113. The molecule has 168 valence electrons. The lowest BCUT2D eigenvalue weighted by Gasteiger charge is -2.29. The first-order valence-corrected chi connectivity index (χ1v) is 11.5. The maximum Gasteiger partial charge on any atom is 0.234 e. The summed E-state index contributed by atoms with van der Waals surface area (Å²) in [6, 6.07) is 11.0. The van der Waals surface area contributed by atoms with Crippen LogP contribution in [0.1, 0.15) is 17.0 Å². The third-order valence-corrected chi connectivity index (χ3v) is 6.25. The lowest BCUT2D eigenvalue weighted by Crippen LogP contribution is -2.36. The van der Waals surface area contributed by atoms with Gasteiger partial charge in [-0.2, -0.15) is 0 Å². The summed E-state index contributed by atoms with van der Waals surface area (Å²) in [7, 11) is 0. The van der Waals surface area contributed by atoms with Crippen molar-refractivity contribution in [3.8, 4) is 5.69 Å². The minimum atomic E-state index is -0.359. The fraction of sp³-hybridized carbons (Fsp3) is 0.348. The zero-order valence-corrected chi connectivity index (χ0v) is 19.2. The van der Waals surface area contributed by atoms with Gasteiger partial charge in [0.15, 0.2) is 5.16 Å². The number of carbonyl (C=O) groups excluding carboxylic acids is 1. The number of benzene rings is 2. The van der Waals surface area contributed by atoms with Crippen LogP contribution in [0.3, 0.4) is 0 Å². The first-order chi connectivity index (χ1) is 15.4. The van der Waals surface area contributed by atoms with Crippen LogP contribution in [-0.4, -0.2) is 52.7 Å². The average Bonchev–Trinajstić information content (AvgIpc) is 3.15. The lowest BCUT2D eigenvalue weighted by atomic mass is 10.1. The highest BCUT2D eigenvalue weighted by Gasteiger charge is 2.17. The van der Waals surface area contributed by atoms with E-state index in [0.717, 1.165) is 22.6 Å². The molecule has 1 aliphatic heterocycles. The number of rotatable bonds is 6. The molecule has 2 aromatic carbocycles. The molecule has 1 amide bonds. The number of aromatic nitrogens is 3. The number of halogens is 1. The van der Waals surface area contributed by atoms with Crippen molar-refractivity contribution in [1.29, 1.82) is 0 Å². The molecule has 7 nitrogen and oxygen atoms in total. The number of ether oxygens (including phenoxy) is 1. The Morgan fingerprint density at radius 2 is 1.88 bits per heavy atom. The van der Waals surface area contributed by atoms with Gasteiger partial charge >= 0.3 is 0 Å². The maximum absolute atomic E-state index is 14.6. The van der Waals surface area contributed by atoms with E-state index in [-0.39, 0.29) is 17.5 Å². The standard InChI is InChI=1S/C23H26FN5O2S/c1-15-4-5-16(2)21(12-15)29-17(3)26-27-23(29)32-14-22(30)25-18-6-7-20(19(24)13-18)28-8-10-31-11-9-28/h4-7,12-13H,8-11,14H2,1-3H3,(H,25,30). The van der Waals surface area contributed by atoms with Crippen molar-refractivity contribution in [2.45, 2.75) is 25.9 Å². The Kier molecular flexibility index (Phi) is 6.76. The van der Waals surface area contributed by atoms with Crippen LogP contribution in [0.5, 0.6) is 0 Å². The number of hydrogen-bond donors (Lipinski definition) is 1. The van der Waals surface area contributed by atoms with Gasteiger partial charge in [-0.1, -0.05) is 23.9 Å². The average molecular weight is 456 g/mol. The zero-order chi connectivity index (χ0) is 22.7. The molecule has 1 saturated heterocycles. The predicted octanol–water partition coefficient (Wildman–Crippen LogP) is 3.90. The van der Waals surface area contributed by atoms with Crippen LogP contribution in [0.15, 0.2) is 41.6 Å². The molecule has 4 rings (SSSR count). The molecule has 1 fully saturated rings. The van der Waals surface area contributed by atoms with E-state index in [1.54, 1.807) is 12.1 Å². The molecule has 2 heterocycles. The number of nitrogens with zero attached hydrogens (tertiary/aromatic N) is 4. The van der Waals surface area contributed by atoms with Crippen molar-refractivity contribution < 1.29 is 13.9 Å². The van der Waals surface area contributed by atoms with Gasteiger partial charge in [0.25, 0.3) is 0 Å². The Morgan fingerprint density at radius 3 is 2.62 bits per heavy atom. The highest BCUT2D eigenvalue weighted by molar-refractivity contribution is 7.99. The van der Waals surface area contributed by atoms with E-state index in [4.69, 9.17) is 4.74 Å². The third kappa shape index (κ3) is 4.94. The van der Waals surface area contributed by atoms with Gasteiger partial charge < -0.3 is 15.0 Å². The van der Waals surface area contributed by atoms with Crippen molar-refractivity contribution >= 4 is 29.0 Å². The van der Waals surface area contributed by atoms with E-state index in [2.05, 4.69) is 33.7 Å². The van der Waals surface area contributed by atoms with Crippen molar-refractivity contribution in [3.63, 3.8) is 0 Å². The smallest absolute Gasteiger partial charge is 0.234 e.